The number of hydrogen-bond donors (Lipinski definition) is 0. The minimum absolute atomic E-state index is 0.692. The van der Waals surface area contributed by atoms with Gasteiger partial charge in [0.2, 0.25) is 0 Å². The summed E-state index contributed by atoms with van der Waals surface area (Å²) in [7, 11) is 0. The van der Waals surface area contributed by atoms with Gasteiger partial charge in [-0.1, -0.05) is 23.4 Å². The van der Waals surface area contributed by atoms with Crippen LogP contribution in [0.25, 0.3) is 11.8 Å². The molecule has 6 heteroatoms. The zero-order valence-corrected chi connectivity index (χ0v) is 13.6. The van der Waals surface area contributed by atoms with Crippen LogP contribution in [-0.2, 0) is 0 Å². The molecule has 2 heterocycles. The number of allylic oxidation sites excluding steroid dienone is 1. The van der Waals surface area contributed by atoms with Crippen molar-refractivity contribution in [1.29, 1.82) is 0 Å². The van der Waals surface area contributed by atoms with Gasteiger partial charge >= 0.3 is 0 Å². The number of benzene rings is 1. The van der Waals surface area contributed by atoms with E-state index in [1.165, 1.54) is 0 Å². The van der Waals surface area contributed by atoms with E-state index >= 15 is 0 Å². The Kier molecular flexibility index (Phi) is 4.32. The van der Waals surface area contributed by atoms with Crippen LogP contribution in [-0.4, -0.2) is 39.3 Å². The molecule has 6 nitrogen and oxygen atoms in total. The van der Waals surface area contributed by atoms with Crippen molar-refractivity contribution in [3.05, 3.63) is 52.6 Å². The molecule has 0 unspecified atom stereocenters. The van der Waals surface area contributed by atoms with Gasteiger partial charge in [-0.15, -0.1) is 5.10 Å². The minimum atomic E-state index is 0.692. The highest BCUT2D eigenvalue weighted by molar-refractivity contribution is 5.60. The highest BCUT2D eigenvalue weighted by Gasteiger charge is 2.10. The number of aromatic nitrogens is 3. The molecule has 0 fully saturated rings. The number of hydrogen-bond acceptors (Lipinski definition) is 5. The molecule has 1 aliphatic rings. The number of rotatable bonds is 4. The lowest BCUT2D eigenvalue weighted by Crippen LogP contribution is -2.31. The van der Waals surface area contributed by atoms with Crippen LogP contribution >= 0.6 is 0 Å². The summed E-state index contributed by atoms with van der Waals surface area (Å²) in [4.78, 5) is 11.2. The van der Waals surface area contributed by atoms with Gasteiger partial charge in [0.15, 0.2) is 5.49 Å². The molecule has 0 saturated heterocycles. The summed E-state index contributed by atoms with van der Waals surface area (Å²) in [6, 6.07) is 9.86. The summed E-state index contributed by atoms with van der Waals surface area (Å²) in [5.41, 5.74) is 2.68. The maximum atomic E-state index is 4.53. The second-order valence-electron chi connectivity index (χ2n) is 5.24. The van der Waals surface area contributed by atoms with Crippen molar-refractivity contribution in [2.75, 3.05) is 13.1 Å². The summed E-state index contributed by atoms with van der Waals surface area (Å²) in [6.45, 7) is 8.08. The van der Waals surface area contributed by atoms with Crippen molar-refractivity contribution in [1.82, 2.24) is 19.9 Å². The fraction of sp³-hybridized carbons (Fsp3) is 0.294. The molecule has 1 aromatic carbocycles. The fourth-order valence-corrected chi connectivity index (χ4v) is 2.61. The Hall–Kier alpha value is -2.76. The Labute approximate surface area is 135 Å². The second-order valence-corrected chi connectivity index (χ2v) is 5.24. The summed E-state index contributed by atoms with van der Waals surface area (Å²) >= 11 is 0. The van der Waals surface area contributed by atoms with Crippen molar-refractivity contribution < 1.29 is 0 Å². The Morgan fingerprint density at radius 2 is 1.83 bits per heavy atom. The van der Waals surface area contributed by atoms with Crippen molar-refractivity contribution in [2.45, 2.75) is 20.8 Å². The van der Waals surface area contributed by atoms with Crippen LogP contribution in [0.4, 0.5) is 0 Å². The number of aliphatic imine (C=N–C) groups is 1. The van der Waals surface area contributed by atoms with E-state index in [2.05, 4.69) is 39.0 Å². The average Bonchev–Trinajstić information content (AvgIpc) is 2.95. The lowest BCUT2D eigenvalue weighted by molar-refractivity contribution is 0.377. The molecule has 0 saturated carbocycles. The highest BCUT2D eigenvalue weighted by Crippen LogP contribution is 2.13. The molecule has 118 valence electrons. The summed E-state index contributed by atoms with van der Waals surface area (Å²) in [5, 5.41) is 9.27. The zero-order chi connectivity index (χ0) is 16.2. The lowest BCUT2D eigenvalue weighted by Gasteiger charge is -2.22. The number of para-hydroxylation sites is 1. The van der Waals surface area contributed by atoms with E-state index in [9.17, 15) is 0 Å². The predicted molar refractivity (Wildman–Crippen MR) is 90.7 cm³/mol. The van der Waals surface area contributed by atoms with Gasteiger partial charge in [-0.05, 0) is 44.6 Å². The molecule has 0 atom stereocenters. The zero-order valence-electron chi connectivity index (χ0n) is 13.6. The normalized spacial score (nSPS) is 21.2. The van der Waals surface area contributed by atoms with Crippen LogP contribution < -0.4 is 10.8 Å². The van der Waals surface area contributed by atoms with Gasteiger partial charge in [-0.25, -0.2) is 9.98 Å². The molecule has 1 aliphatic heterocycles. The van der Waals surface area contributed by atoms with Gasteiger partial charge < -0.3 is 4.90 Å². The van der Waals surface area contributed by atoms with Gasteiger partial charge in [0.05, 0.1) is 5.69 Å². The van der Waals surface area contributed by atoms with Crippen LogP contribution in [0, 0.1) is 0 Å². The molecule has 23 heavy (non-hydrogen) atoms. The van der Waals surface area contributed by atoms with E-state index in [0.29, 0.717) is 5.49 Å². The molecule has 2 aromatic rings. The van der Waals surface area contributed by atoms with E-state index in [1.54, 1.807) is 11.0 Å². The molecular weight excluding hydrogens is 288 g/mol. The van der Waals surface area contributed by atoms with E-state index in [4.69, 9.17) is 0 Å². The van der Waals surface area contributed by atoms with E-state index < -0.39 is 0 Å². The first-order chi connectivity index (χ1) is 11.2. The first-order valence-electron chi connectivity index (χ1n) is 7.79. The fourth-order valence-electron chi connectivity index (χ4n) is 2.61. The molecule has 0 spiro atoms. The molecule has 0 radical (unpaired) electrons. The van der Waals surface area contributed by atoms with Crippen LogP contribution in [0.15, 0.2) is 51.7 Å². The first-order valence-corrected chi connectivity index (χ1v) is 7.79. The highest BCUT2D eigenvalue weighted by atomic mass is 15.4. The van der Waals surface area contributed by atoms with Gasteiger partial charge in [-0.2, -0.15) is 4.68 Å². The molecule has 0 N–H and O–H groups in total. The van der Waals surface area contributed by atoms with E-state index in [0.717, 1.165) is 35.5 Å². The Bertz CT molecular complexity index is 856. The molecular formula is C17H20N6. The molecule has 3 rings (SSSR count). The smallest absolute Gasteiger partial charge is 0.185 e. The Morgan fingerprint density at radius 1 is 1.09 bits per heavy atom. The van der Waals surface area contributed by atoms with Crippen LogP contribution in [0.3, 0.4) is 0 Å². The summed E-state index contributed by atoms with van der Waals surface area (Å²) in [6.07, 6.45) is 3.58. The van der Waals surface area contributed by atoms with Gasteiger partial charge in [-0.3, -0.25) is 0 Å². The monoisotopic (exact) mass is 308 g/mol. The molecule has 1 aromatic heterocycles. The third-order valence-electron chi connectivity index (χ3n) is 3.80. The second kappa shape index (κ2) is 6.56. The van der Waals surface area contributed by atoms with E-state index in [-0.39, 0.29) is 0 Å². The molecule has 0 amide bonds. The summed E-state index contributed by atoms with van der Waals surface area (Å²) < 4.78 is 1.73. The predicted octanol–water partition coefficient (Wildman–Crippen LogP) is 1.28. The Balaban J connectivity index is 2.15. The third-order valence-corrected chi connectivity index (χ3v) is 3.80. The van der Waals surface area contributed by atoms with Crippen molar-refractivity contribution in [3.63, 3.8) is 0 Å². The van der Waals surface area contributed by atoms with Crippen LogP contribution in [0.2, 0.25) is 0 Å². The maximum Gasteiger partial charge on any atom is 0.185 e. The lowest BCUT2D eigenvalue weighted by atomic mass is 10.2. The van der Waals surface area contributed by atoms with Gasteiger partial charge in [0.25, 0.3) is 0 Å². The topological polar surface area (TPSA) is 58.7 Å². The van der Waals surface area contributed by atoms with Crippen molar-refractivity contribution in [2.24, 2.45) is 9.98 Å². The van der Waals surface area contributed by atoms with E-state index in [1.807, 2.05) is 43.3 Å². The molecule has 0 aliphatic carbocycles. The van der Waals surface area contributed by atoms with Gasteiger partial charge in [0.1, 0.15) is 17.5 Å². The number of fused-ring (bicyclic) bond motifs is 1. The average molecular weight is 308 g/mol. The minimum Gasteiger partial charge on any atom is -0.357 e. The quantitative estimate of drug-likeness (QED) is 0.855. The standard InChI is InChI=1S/C17H20N6/c1-4-22(5-2)16-13(3)11-15-17(19-12-18-16)23(21-20-15)14-9-7-6-8-10-14/h6-12H,4-5H2,1-3H3/b13-11?,15-11+,16-13+,18-12-,18-16?,19-12?,19-17+. The van der Waals surface area contributed by atoms with Crippen molar-refractivity contribution >= 4 is 12.4 Å². The SMILES string of the molecule is CCN(CC)C1=C(C)/C=c2/nnn(-c3ccccc3)/c2=N/C=N\1. The molecule has 0 bridgehead atoms. The third kappa shape index (κ3) is 2.92. The first kappa shape index (κ1) is 15.1. The number of nitrogens with zero attached hydrogens (tertiary/aromatic N) is 6. The van der Waals surface area contributed by atoms with Crippen LogP contribution in [0.5, 0.6) is 0 Å². The van der Waals surface area contributed by atoms with Gasteiger partial charge in [0, 0.05) is 13.1 Å². The maximum absolute atomic E-state index is 4.53. The summed E-state index contributed by atoms with van der Waals surface area (Å²) in [5.74, 6) is 0.929. The Morgan fingerprint density at radius 3 is 2.52 bits per heavy atom. The van der Waals surface area contributed by atoms with Crippen LogP contribution in [0.1, 0.15) is 20.8 Å². The largest absolute Gasteiger partial charge is 0.357 e. The van der Waals surface area contributed by atoms with Crippen molar-refractivity contribution in [3.8, 4) is 5.69 Å².